The fourth-order valence-electron chi connectivity index (χ4n) is 1.70. The largest absolute Gasteiger partial charge is 0.351 e. The quantitative estimate of drug-likeness (QED) is 0.571. The van der Waals surface area contributed by atoms with Crippen LogP contribution in [0.25, 0.3) is 6.08 Å². The molecule has 1 rings (SSSR count). The Hall–Kier alpha value is -2.47. The lowest BCUT2D eigenvalue weighted by atomic mass is 10.2. The number of imide groups is 1. The second-order valence-electron chi connectivity index (χ2n) is 4.21. The molecule has 0 aromatic heterocycles. The number of nitrogens with zero attached hydrogens (tertiary/aromatic N) is 2. The predicted molar refractivity (Wildman–Crippen MR) is 82.3 cm³/mol. The smallest absolute Gasteiger partial charge is 0.289 e. The highest BCUT2D eigenvalue weighted by Crippen LogP contribution is 2.05. The van der Waals surface area contributed by atoms with E-state index in [1.165, 1.54) is 6.08 Å². The first-order chi connectivity index (χ1) is 10.6. The molecule has 0 unspecified atom stereocenters. The van der Waals surface area contributed by atoms with E-state index in [1.807, 2.05) is 30.3 Å². The summed E-state index contributed by atoms with van der Waals surface area (Å²) in [7, 11) is 0. The molecule has 6 heteroatoms. The number of hydroxylamine groups is 2. The number of benzene rings is 1. The molecular formula is C16H19N2O4. The van der Waals surface area contributed by atoms with Gasteiger partial charge in [-0.3, -0.25) is 19.3 Å². The number of hydrogen-bond donors (Lipinski definition) is 0. The van der Waals surface area contributed by atoms with Gasteiger partial charge in [0.2, 0.25) is 6.29 Å². The van der Waals surface area contributed by atoms with Crippen molar-refractivity contribution in [3.63, 3.8) is 0 Å². The summed E-state index contributed by atoms with van der Waals surface area (Å²) < 4.78 is 0. The van der Waals surface area contributed by atoms with Gasteiger partial charge in [0.25, 0.3) is 5.91 Å². The standard InChI is InChI=1S/C16H19N2O4/c1-3-18(22-4-2)16(21)17(12-13-19)15(20)11-10-14-8-6-5-7-9-14/h5-11H,3-4,12H2,1-2H3. The Labute approximate surface area is 129 Å². The molecule has 0 bridgehead atoms. The van der Waals surface area contributed by atoms with Crippen LogP contribution in [0.15, 0.2) is 36.4 Å². The molecule has 0 saturated carbocycles. The predicted octanol–water partition coefficient (Wildman–Crippen LogP) is 2.03. The van der Waals surface area contributed by atoms with E-state index in [-0.39, 0.29) is 13.2 Å². The summed E-state index contributed by atoms with van der Waals surface area (Å²) in [6, 6.07) is 8.48. The highest BCUT2D eigenvalue weighted by molar-refractivity contribution is 6.03. The van der Waals surface area contributed by atoms with Crippen LogP contribution in [0, 0.1) is 0 Å². The molecule has 0 aliphatic carbocycles. The maximum absolute atomic E-state index is 12.2. The summed E-state index contributed by atoms with van der Waals surface area (Å²) in [5.41, 5.74) is 0.815. The number of urea groups is 1. The van der Waals surface area contributed by atoms with E-state index in [9.17, 15) is 14.4 Å². The van der Waals surface area contributed by atoms with Crippen molar-refractivity contribution < 1.29 is 19.2 Å². The van der Waals surface area contributed by atoms with Crippen molar-refractivity contribution in [2.75, 3.05) is 19.7 Å². The maximum Gasteiger partial charge on any atom is 0.351 e. The van der Waals surface area contributed by atoms with Crippen molar-refractivity contribution in [2.45, 2.75) is 13.8 Å². The molecule has 0 atom stereocenters. The average Bonchev–Trinajstić information content (AvgIpc) is 2.55. The molecule has 0 aliphatic heterocycles. The van der Waals surface area contributed by atoms with Gasteiger partial charge in [0.05, 0.1) is 13.2 Å². The molecule has 1 aromatic carbocycles. The molecular weight excluding hydrogens is 284 g/mol. The van der Waals surface area contributed by atoms with Gasteiger partial charge >= 0.3 is 6.03 Å². The van der Waals surface area contributed by atoms with Crippen LogP contribution in [0.5, 0.6) is 0 Å². The van der Waals surface area contributed by atoms with Gasteiger partial charge in [0.1, 0.15) is 0 Å². The molecule has 1 aromatic rings. The zero-order valence-electron chi connectivity index (χ0n) is 12.7. The second-order valence-corrected chi connectivity index (χ2v) is 4.21. The van der Waals surface area contributed by atoms with Gasteiger partial charge in [-0.15, -0.1) is 0 Å². The average molecular weight is 303 g/mol. The summed E-state index contributed by atoms with van der Waals surface area (Å²) in [6.07, 6.45) is 4.38. The Kier molecular flexibility index (Phi) is 7.56. The highest BCUT2D eigenvalue weighted by Gasteiger charge is 2.24. The Morgan fingerprint density at radius 1 is 1.23 bits per heavy atom. The monoisotopic (exact) mass is 303 g/mol. The van der Waals surface area contributed by atoms with Crippen molar-refractivity contribution in [2.24, 2.45) is 0 Å². The molecule has 0 N–H and O–H groups in total. The topological polar surface area (TPSA) is 66.9 Å². The third kappa shape index (κ3) is 5.14. The van der Waals surface area contributed by atoms with E-state index in [1.54, 1.807) is 26.2 Å². The molecule has 3 amide bonds. The molecule has 1 radical (unpaired) electrons. The molecule has 0 aliphatic rings. The van der Waals surface area contributed by atoms with Gasteiger partial charge < -0.3 is 0 Å². The van der Waals surface area contributed by atoms with E-state index in [0.717, 1.165) is 15.5 Å². The van der Waals surface area contributed by atoms with E-state index in [2.05, 4.69) is 0 Å². The maximum atomic E-state index is 12.2. The Morgan fingerprint density at radius 3 is 2.45 bits per heavy atom. The van der Waals surface area contributed by atoms with E-state index < -0.39 is 18.5 Å². The van der Waals surface area contributed by atoms with Crippen LogP contribution in [0.1, 0.15) is 19.4 Å². The molecule has 6 nitrogen and oxygen atoms in total. The number of hydrogen-bond acceptors (Lipinski definition) is 4. The Balaban J connectivity index is 2.85. The lowest BCUT2D eigenvalue weighted by Crippen LogP contribution is -2.46. The third-order valence-corrected chi connectivity index (χ3v) is 2.72. The number of amides is 3. The van der Waals surface area contributed by atoms with Crippen LogP contribution in [0.3, 0.4) is 0 Å². The number of rotatable bonds is 7. The van der Waals surface area contributed by atoms with Crippen molar-refractivity contribution >= 4 is 24.3 Å². The molecule has 0 saturated heterocycles. The minimum atomic E-state index is -0.685. The summed E-state index contributed by atoms with van der Waals surface area (Å²) >= 11 is 0. The van der Waals surface area contributed by atoms with E-state index in [4.69, 9.17) is 4.84 Å². The van der Waals surface area contributed by atoms with Crippen LogP contribution in [0.4, 0.5) is 4.79 Å². The summed E-state index contributed by atoms with van der Waals surface area (Å²) in [5.74, 6) is -0.602. The normalized spacial score (nSPS) is 10.5. The van der Waals surface area contributed by atoms with Crippen molar-refractivity contribution in [3.05, 3.63) is 42.0 Å². The molecule has 0 spiro atoms. The molecule has 117 valence electrons. The van der Waals surface area contributed by atoms with Gasteiger partial charge in [-0.2, -0.15) is 0 Å². The van der Waals surface area contributed by atoms with Crippen molar-refractivity contribution in [1.29, 1.82) is 0 Å². The van der Waals surface area contributed by atoms with Gasteiger partial charge in [-0.05, 0) is 25.5 Å². The molecule has 22 heavy (non-hydrogen) atoms. The number of carbonyl (C=O) groups is 2. The summed E-state index contributed by atoms with van der Waals surface area (Å²) in [6.45, 7) is 3.54. The van der Waals surface area contributed by atoms with Crippen LogP contribution < -0.4 is 0 Å². The molecule has 0 fully saturated rings. The SMILES string of the molecule is CCON(CC)C(=O)N(C[C]=O)C(=O)C=Cc1ccccc1. The minimum Gasteiger partial charge on any atom is -0.289 e. The molecule has 0 heterocycles. The van der Waals surface area contributed by atoms with Gasteiger partial charge in [-0.1, -0.05) is 30.3 Å². The summed E-state index contributed by atoms with van der Waals surface area (Å²) in [4.78, 5) is 40.9. The van der Waals surface area contributed by atoms with E-state index in [0.29, 0.717) is 0 Å². The first-order valence-electron chi connectivity index (χ1n) is 6.98. The number of carbonyl (C=O) groups excluding carboxylic acids is 3. The van der Waals surface area contributed by atoms with Crippen LogP contribution in [0.2, 0.25) is 0 Å². The van der Waals surface area contributed by atoms with Gasteiger partial charge in [0, 0.05) is 12.6 Å². The van der Waals surface area contributed by atoms with Gasteiger partial charge in [-0.25, -0.2) is 9.86 Å². The van der Waals surface area contributed by atoms with Crippen LogP contribution >= 0.6 is 0 Å². The lowest BCUT2D eigenvalue weighted by Gasteiger charge is -2.25. The summed E-state index contributed by atoms with van der Waals surface area (Å²) in [5, 5.41) is 1.03. The fourth-order valence-corrected chi connectivity index (χ4v) is 1.70. The van der Waals surface area contributed by atoms with Crippen LogP contribution in [-0.2, 0) is 14.4 Å². The third-order valence-electron chi connectivity index (χ3n) is 2.72. The first kappa shape index (κ1) is 17.6. The minimum absolute atomic E-state index is 0.262. The van der Waals surface area contributed by atoms with E-state index >= 15 is 0 Å². The zero-order chi connectivity index (χ0) is 16.4. The van der Waals surface area contributed by atoms with Crippen LogP contribution in [-0.4, -0.2) is 47.9 Å². The van der Waals surface area contributed by atoms with Gasteiger partial charge in [0.15, 0.2) is 0 Å². The Morgan fingerprint density at radius 2 is 1.91 bits per heavy atom. The Bertz CT molecular complexity index is 528. The second kappa shape index (κ2) is 9.46. The van der Waals surface area contributed by atoms with Crippen molar-refractivity contribution in [1.82, 2.24) is 9.96 Å². The highest BCUT2D eigenvalue weighted by atomic mass is 16.7. The fraction of sp³-hybridized carbons (Fsp3) is 0.312. The first-order valence-corrected chi connectivity index (χ1v) is 6.98. The van der Waals surface area contributed by atoms with Crippen molar-refractivity contribution in [3.8, 4) is 0 Å². The lowest BCUT2D eigenvalue weighted by molar-refractivity contribution is -0.134. The zero-order valence-corrected chi connectivity index (χ0v) is 12.7.